The van der Waals surface area contributed by atoms with Crippen LogP contribution in [0.1, 0.15) is 99.9 Å². The molecule has 0 bridgehead atoms. The zero-order valence-electron chi connectivity index (χ0n) is 62.1. The van der Waals surface area contributed by atoms with Crippen molar-refractivity contribution >= 4 is 108 Å². The minimum absolute atomic E-state index is 0. The summed E-state index contributed by atoms with van der Waals surface area (Å²) in [5.74, 6) is -1.86. The van der Waals surface area contributed by atoms with Crippen LogP contribution in [0.25, 0.3) is 73.2 Å². The Morgan fingerprint density at radius 3 is 1.19 bits per heavy atom. The van der Waals surface area contributed by atoms with E-state index in [4.69, 9.17) is 62.6 Å². The smallest absolute Gasteiger partial charge is 0.350 e. The molecule has 25 heteroatoms. The number of hydrogen-bond donors (Lipinski definition) is 4. The van der Waals surface area contributed by atoms with E-state index < -0.39 is 68.6 Å². The predicted molar refractivity (Wildman–Crippen MR) is 460 cm³/mol. The average molecular weight is 1950 g/mol. The van der Waals surface area contributed by atoms with Crippen molar-refractivity contribution in [1.82, 2.24) is 9.13 Å². The lowest BCUT2D eigenvalue weighted by Crippen LogP contribution is -2.35. The number of halogens is 6. The normalized spacial score (nSPS) is 19.3. The summed E-state index contributed by atoms with van der Waals surface area (Å²) < 4.78 is 96.4. The zero-order valence-corrected chi connectivity index (χ0v) is 71.6. The first-order valence-electron chi connectivity index (χ1n) is 34.2. The van der Waals surface area contributed by atoms with Crippen molar-refractivity contribution in [2.75, 3.05) is 30.2 Å². The molecule has 7 aromatic carbocycles. The first-order valence-corrected chi connectivity index (χ1v) is 46.5. The molecule has 0 amide bonds. The second-order valence-electron chi connectivity index (χ2n) is 25.1. The highest BCUT2D eigenvalue weighted by Crippen LogP contribution is 2.55. The molecule has 6 heterocycles. The molecule has 18 nitrogen and oxygen atoms in total. The van der Waals surface area contributed by atoms with Crippen molar-refractivity contribution in [3.63, 3.8) is 0 Å². The van der Waals surface area contributed by atoms with Gasteiger partial charge in [-0.25, -0.2) is 29.2 Å². The lowest BCUT2D eigenvalue weighted by Gasteiger charge is -2.23. The molecular weight excluding hydrogens is 1850 g/mol. The summed E-state index contributed by atoms with van der Waals surface area (Å²) in [5.41, 5.74) is 14.1. The number of alkyl halides is 2. The van der Waals surface area contributed by atoms with Crippen molar-refractivity contribution in [3.05, 3.63) is 235 Å². The number of nitrogens with one attached hydrogen (secondary N) is 2. The van der Waals surface area contributed by atoms with Crippen LogP contribution in [-0.4, -0.2) is 123 Å². The second-order valence-corrected chi connectivity index (χ2v) is 27.1. The van der Waals surface area contributed by atoms with Gasteiger partial charge in [-0.2, -0.15) is 0 Å². The highest BCUT2D eigenvalue weighted by atomic mass is 128. The zero-order chi connectivity index (χ0) is 79.0. The van der Waals surface area contributed by atoms with Crippen LogP contribution < -0.4 is 0 Å². The molecule has 2 aromatic heterocycles. The summed E-state index contributed by atoms with van der Waals surface area (Å²) in [6.07, 6.45) is 0.311. The maximum atomic E-state index is 14.1. The van der Waals surface area contributed by atoms with E-state index >= 15 is 0 Å². The van der Waals surface area contributed by atoms with E-state index in [2.05, 4.69) is 168 Å². The van der Waals surface area contributed by atoms with Crippen LogP contribution in [0, 0.1) is 22.5 Å². The van der Waals surface area contributed by atoms with E-state index in [1.165, 1.54) is 31.4 Å². The number of methoxy groups -OCH3 is 1. The monoisotopic (exact) mass is 1950 g/mol. The SMILES string of the molecule is C.CC(C)c1c(-c2ccccc2)c(-c2ccccc2)c(-c2ccc(F)cc2)n1/C=C/[C@H]1OC2OC(C)(C)OC2[C@H]1O.CCOP(=O)(Cn1c(-c2ccc(F)cc2)c(-c2ccccc2)c(-c2ccccc2)c1C(C)C)OCC.CI.CI.CO[C@H]1OC2OC(C)(C)OC2[C@H]1O.II.N=C=O.N=C=O.c1ccccc1. The lowest BCUT2D eigenvalue weighted by atomic mass is 9.91. The molecule has 4 aliphatic rings. The number of hydrogen-bond acceptors (Lipinski definition) is 16. The van der Waals surface area contributed by atoms with Gasteiger partial charge in [0.2, 0.25) is 12.2 Å². The van der Waals surface area contributed by atoms with Crippen LogP contribution in [-0.2, 0) is 62.6 Å². The summed E-state index contributed by atoms with van der Waals surface area (Å²) in [7, 11) is -1.99. The maximum Gasteiger partial charge on any atom is 0.350 e. The van der Waals surface area contributed by atoms with Gasteiger partial charge < -0.3 is 61.6 Å². The largest absolute Gasteiger partial charge is 0.387 e. The number of isocyanates is 2. The summed E-state index contributed by atoms with van der Waals surface area (Å²) in [6.45, 7) is 20.0. The molecular formula is C83H99F2I4N4O14P. The van der Waals surface area contributed by atoms with Gasteiger partial charge in [0, 0.05) is 84.2 Å². The molecule has 0 saturated carbocycles. The van der Waals surface area contributed by atoms with Gasteiger partial charge in [0.25, 0.3) is 0 Å². The van der Waals surface area contributed by atoms with E-state index in [0.717, 1.165) is 90.6 Å². The number of aromatic nitrogens is 2. The Balaban J connectivity index is 0.000000328. The highest BCUT2D eigenvalue weighted by molar-refractivity contribution is 15.0. The quantitative estimate of drug-likeness (QED) is 0.0218. The second kappa shape index (κ2) is 47.5. The van der Waals surface area contributed by atoms with E-state index in [1.807, 2.05) is 171 Å². The lowest BCUT2D eigenvalue weighted by molar-refractivity contribution is -0.255. The molecule has 108 heavy (non-hydrogen) atoms. The number of ether oxygens (including phenoxy) is 7. The number of benzene rings is 7. The number of fused-ring (bicyclic) bond motifs is 2. The Bertz CT molecular complexity index is 4180. The van der Waals surface area contributed by atoms with E-state index in [-0.39, 0.29) is 50.4 Å². The van der Waals surface area contributed by atoms with Gasteiger partial charge in [0.1, 0.15) is 48.4 Å². The number of aliphatic hydroxyl groups excluding tert-OH is 2. The predicted octanol–water partition coefficient (Wildman–Crippen LogP) is 22.3. The number of nitrogens with zero attached hydrogens (tertiary/aromatic N) is 2. The number of rotatable bonds is 17. The van der Waals surface area contributed by atoms with Crippen LogP contribution in [0.3, 0.4) is 0 Å². The van der Waals surface area contributed by atoms with Crippen molar-refractivity contribution in [1.29, 1.82) is 10.8 Å². The molecule has 13 rings (SSSR count). The summed E-state index contributed by atoms with van der Waals surface area (Å²) >= 11 is 8.54. The molecule has 4 fully saturated rings. The number of aliphatic hydroxyl groups is 2. The third kappa shape index (κ3) is 25.6. The van der Waals surface area contributed by atoms with Crippen LogP contribution >= 0.6 is 90.0 Å². The molecule has 9 aromatic rings. The van der Waals surface area contributed by atoms with E-state index in [1.54, 1.807) is 26.0 Å². The fourth-order valence-electron chi connectivity index (χ4n) is 12.7. The van der Waals surface area contributed by atoms with E-state index in [0.29, 0.717) is 0 Å². The van der Waals surface area contributed by atoms with Gasteiger partial charge in [-0.15, -0.1) is 0 Å². The Morgan fingerprint density at radius 1 is 0.519 bits per heavy atom. The van der Waals surface area contributed by atoms with Crippen LogP contribution in [0.2, 0.25) is 0 Å². The Kier molecular flexibility index (Phi) is 41.6. The minimum Gasteiger partial charge on any atom is -0.387 e. The Labute approximate surface area is 685 Å². The minimum atomic E-state index is -3.47. The average Bonchev–Trinajstić information content (AvgIpc) is 1.59. The first-order chi connectivity index (χ1) is 51.5. The summed E-state index contributed by atoms with van der Waals surface area (Å²) in [5, 5.41) is 31.5. The fourth-order valence-corrected chi connectivity index (χ4v) is 14.3. The van der Waals surface area contributed by atoms with Gasteiger partial charge in [-0.1, -0.05) is 238 Å². The molecule has 0 spiro atoms. The molecule has 0 radical (unpaired) electrons. The Morgan fingerprint density at radius 2 is 0.843 bits per heavy atom. The van der Waals surface area contributed by atoms with Gasteiger partial charge >= 0.3 is 7.60 Å². The molecule has 0 aliphatic carbocycles. The Hall–Kier alpha value is -5.83. The topological polar surface area (TPSA) is 232 Å². The van der Waals surface area contributed by atoms with Gasteiger partial charge in [-0.05, 0) is 151 Å². The fraction of sp³-hybridized carbons (Fsp3) is 0.349. The summed E-state index contributed by atoms with van der Waals surface area (Å²) in [6, 6.07) is 66.1. The first kappa shape index (κ1) is 94.5. The van der Waals surface area contributed by atoms with Gasteiger partial charge in [0.15, 0.2) is 30.4 Å². The van der Waals surface area contributed by atoms with Crippen molar-refractivity contribution < 1.29 is 75.4 Å². The van der Waals surface area contributed by atoms with Gasteiger partial charge in [-0.3, -0.25) is 4.57 Å². The molecule has 4 unspecified atom stereocenters. The van der Waals surface area contributed by atoms with Crippen molar-refractivity contribution in [3.8, 4) is 67.0 Å². The molecule has 8 atom stereocenters. The highest BCUT2D eigenvalue weighted by Gasteiger charge is 2.55. The van der Waals surface area contributed by atoms with Crippen molar-refractivity contribution in [2.24, 2.45) is 0 Å². The third-order valence-electron chi connectivity index (χ3n) is 16.4. The summed E-state index contributed by atoms with van der Waals surface area (Å²) in [4.78, 5) is 20.6. The van der Waals surface area contributed by atoms with Crippen molar-refractivity contribution in [2.45, 2.75) is 156 Å². The third-order valence-corrected chi connectivity index (χ3v) is 18.4. The van der Waals surface area contributed by atoms with Crippen LogP contribution in [0.15, 0.2) is 212 Å². The van der Waals surface area contributed by atoms with Gasteiger partial charge in [0.05, 0.1) is 24.6 Å². The van der Waals surface area contributed by atoms with Crippen LogP contribution in [0.5, 0.6) is 0 Å². The maximum absolute atomic E-state index is 14.1. The van der Waals surface area contributed by atoms with Crippen LogP contribution in [0.4, 0.5) is 8.78 Å². The molecule has 4 aliphatic heterocycles. The van der Waals surface area contributed by atoms with E-state index in [9.17, 15) is 23.6 Å². The number of carbonyl (C=O) groups excluding carboxylic acids is 2. The molecule has 4 saturated heterocycles. The molecule has 582 valence electrons. The molecule has 4 N–H and O–H groups in total. The standard InChI is InChI=1S/C34H34FNO4.C30H33FNO3P.C8H14O5.C6H6.2CH3I.2CHNO.CH4.I2/c1-21(2)29-27(22-11-7-5-8-12-22)28(23-13-9-6-10-14-23)30(24-15-17-25(35)18-16-24)36(29)20-19-26-31(37)32-33(38-26)40-34(3,4)39-32;1-5-34-36(33,35-6-2)21-32-29(22(3)4)27(23-13-9-7-10-14-23)28(24-15-11-8-12-16-24)30(32)25-17-19-26(31)20-18-25;1-8(2)12-5-4(9)6(10-3)11-7(5)13-8;1-2-4-6-5-3-1;2*1-2;2*2-1-3;;1-2/h5-21,26,31-33,37H,1-4H3;7-20,22H,5-6,21H2,1-4H3;4-7,9H,1-3H3;1-6H;2*1H3;2*2H;1H4;/b20-19+;;;;;;;;;/t26-,31+,32?,33?;;4-,5?,6+,7?;;;;;;;/m1.1......./s1.